The Bertz CT molecular complexity index is 741. The van der Waals surface area contributed by atoms with E-state index in [9.17, 15) is 4.79 Å². The smallest absolute Gasteiger partial charge is 0.282 e. The maximum Gasteiger partial charge on any atom is 0.282 e. The molecule has 2 heterocycles. The molecule has 1 aromatic carbocycles. The number of halogens is 2. The summed E-state index contributed by atoms with van der Waals surface area (Å²) >= 11 is 9.44. The van der Waals surface area contributed by atoms with E-state index in [0.29, 0.717) is 4.47 Å². The summed E-state index contributed by atoms with van der Waals surface area (Å²) in [5.41, 5.74) is 1.87. The predicted molar refractivity (Wildman–Crippen MR) is 93.1 cm³/mol. The SMILES string of the molecule is Cn1ncc(N2CCN(c3cccc(Cl)c3)CC2)c(Br)c1=O. The van der Waals surface area contributed by atoms with E-state index >= 15 is 0 Å². The van der Waals surface area contributed by atoms with Crippen LogP contribution in [0.3, 0.4) is 0 Å². The normalized spacial score (nSPS) is 15.2. The standard InChI is InChI=1S/C15H16BrClN4O/c1-19-15(22)14(16)13(10-18-19)21-7-5-20(6-8-21)12-4-2-3-11(17)9-12/h2-4,9-10H,5-8H2,1H3. The summed E-state index contributed by atoms with van der Waals surface area (Å²) in [5.74, 6) is 0. The lowest BCUT2D eigenvalue weighted by Gasteiger charge is -2.37. The molecule has 0 unspecified atom stereocenters. The largest absolute Gasteiger partial charge is 0.368 e. The van der Waals surface area contributed by atoms with Crippen LogP contribution in [-0.2, 0) is 7.05 Å². The third-order valence-corrected chi connectivity index (χ3v) is 4.83. The van der Waals surface area contributed by atoms with Crippen molar-refractivity contribution in [2.45, 2.75) is 0 Å². The van der Waals surface area contributed by atoms with E-state index in [2.05, 4.69) is 36.9 Å². The number of piperazine rings is 1. The summed E-state index contributed by atoms with van der Waals surface area (Å²) in [4.78, 5) is 16.4. The summed E-state index contributed by atoms with van der Waals surface area (Å²) in [6, 6.07) is 7.89. The van der Waals surface area contributed by atoms with Crippen molar-refractivity contribution < 1.29 is 0 Å². The van der Waals surface area contributed by atoms with Crippen molar-refractivity contribution in [3.05, 3.63) is 50.3 Å². The highest BCUT2D eigenvalue weighted by Gasteiger charge is 2.21. The molecule has 7 heteroatoms. The van der Waals surface area contributed by atoms with Crippen LogP contribution in [0.1, 0.15) is 0 Å². The minimum atomic E-state index is -0.116. The topological polar surface area (TPSA) is 41.4 Å². The maximum atomic E-state index is 12.0. The van der Waals surface area contributed by atoms with Gasteiger partial charge in [0.1, 0.15) is 4.47 Å². The van der Waals surface area contributed by atoms with Gasteiger partial charge in [-0.3, -0.25) is 4.79 Å². The second-order valence-corrected chi connectivity index (χ2v) is 6.46. The van der Waals surface area contributed by atoms with Gasteiger partial charge in [-0.05, 0) is 34.1 Å². The molecule has 1 aliphatic heterocycles. The van der Waals surface area contributed by atoms with Crippen molar-refractivity contribution in [3.8, 4) is 0 Å². The van der Waals surface area contributed by atoms with Gasteiger partial charge in [0.2, 0.25) is 0 Å². The summed E-state index contributed by atoms with van der Waals surface area (Å²) in [5, 5.41) is 4.85. The molecule has 0 N–H and O–H groups in total. The van der Waals surface area contributed by atoms with Gasteiger partial charge < -0.3 is 9.80 Å². The van der Waals surface area contributed by atoms with E-state index in [1.165, 1.54) is 4.68 Å². The molecular formula is C15H16BrClN4O. The molecule has 1 aliphatic rings. The Kier molecular flexibility index (Phi) is 4.40. The van der Waals surface area contributed by atoms with Crippen molar-refractivity contribution in [3.63, 3.8) is 0 Å². The number of benzene rings is 1. The second-order valence-electron chi connectivity index (χ2n) is 5.23. The van der Waals surface area contributed by atoms with Crippen LogP contribution in [0.2, 0.25) is 5.02 Å². The number of hydrogen-bond donors (Lipinski definition) is 0. The number of hydrogen-bond acceptors (Lipinski definition) is 4. The monoisotopic (exact) mass is 382 g/mol. The average molecular weight is 384 g/mol. The Morgan fingerprint density at radius 3 is 2.55 bits per heavy atom. The van der Waals surface area contributed by atoms with Crippen LogP contribution in [0.4, 0.5) is 11.4 Å². The van der Waals surface area contributed by atoms with Crippen LogP contribution < -0.4 is 15.4 Å². The van der Waals surface area contributed by atoms with Crippen LogP contribution in [0.25, 0.3) is 0 Å². The zero-order chi connectivity index (χ0) is 15.7. The van der Waals surface area contributed by atoms with Crippen molar-refractivity contribution in [2.75, 3.05) is 36.0 Å². The molecule has 1 aromatic heterocycles. The van der Waals surface area contributed by atoms with E-state index in [-0.39, 0.29) is 5.56 Å². The number of anilines is 2. The third-order valence-electron chi connectivity index (χ3n) is 3.85. The minimum absolute atomic E-state index is 0.116. The maximum absolute atomic E-state index is 12.0. The van der Waals surface area contributed by atoms with E-state index in [4.69, 9.17) is 11.6 Å². The quantitative estimate of drug-likeness (QED) is 0.799. The summed E-state index contributed by atoms with van der Waals surface area (Å²) in [6.07, 6.45) is 1.74. The highest BCUT2D eigenvalue weighted by molar-refractivity contribution is 9.10. The van der Waals surface area contributed by atoms with Gasteiger partial charge in [0.05, 0.1) is 11.9 Å². The van der Waals surface area contributed by atoms with Gasteiger partial charge in [-0.25, -0.2) is 4.68 Å². The molecule has 1 fully saturated rings. The fourth-order valence-corrected chi connectivity index (χ4v) is 3.40. The molecule has 0 bridgehead atoms. The Hall–Kier alpha value is -1.53. The highest BCUT2D eigenvalue weighted by Crippen LogP contribution is 2.25. The molecule has 2 aromatic rings. The lowest BCUT2D eigenvalue weighted by Crippen LogP contribution is -2.47. The van der Waals surface area contributed by atoms with Gasteiger partial charge in [0.15, 0.2) is 0 Å². The van der Waals surface area contributed by atoms with Crippen molar-refractivity contribution in [2.24, 2.45) is 7.05 Å². The number of aryl methyl sites for hydroxylation is 1. The van der Waals surface area contributed by atoms with Crippen LogP contribution in [-0.4, -0.2) is 36.0 Å². The van der Waals surface area contributed by atoms with Crippen molar-refractivity contribution in [1.82, 2.24) is 9.78 Å². The van der Waals surface area contributed by atoms with Gasteiger partial charge in [-0.1, -0.05) is 17.7 Å². The van der Waals surface area contributed by atoms with Gasteiger partial charge >= 0.3 is 0 Å². The number of rotatable bonds is 2. The minimum Gasteiger partial charge on any atom is -0.368 e. The van der Waals surface area contributed by atoms with Gasteiger partial charge in [-0.2, -0.15) is 5.10 Å². The van der Waals surface area contributed by atoms with Crippen LogP contribution in [0.15, 0.2) is 39.7 Å². The lowest BCUT2D eigenvalue weighted by atomic mass is 10.2. The Labute approximate surface area is 142 Å². The summed E-state index contributed by atoms with van der Waals surface area (Å²) < 4.78 is 1.90. The van der Waals surface area contributed by atoms with Gasteiger partial charge in [0.25, 0.3) is 5.56 Å². The van der Waals surface area contributed by atoms with Crippen LogP contribution in [0, 0.1) is 0 Å². The molecule has 22 heavy (non-hydrogen) atoms. The molecule has 0 saturated carbocycles. The highest BCUT2D eigenvalue weighted by atomic mass is 79.9. The average Bonchev–Trinajstić information content (AvgIpc) is 2.53. The van der Waals surface area contributed by atoms with E-state index in [1.54, 1.807) is 13.2 Å². The molecule has 3 rings (SSSR count). The molecule has 0 spiro atoms. The molecule has 0 atom stereocenters. The van der Waals surface area contributed by atoms with Crippen molar-refractivity contribution in [1.29, 1.82) is 0 Å². The van der Waals surface area contributed by atoms with E-state index < -0.39 is 0 Å². The second kappa shape index (κ2) is 6.30. The van der Waals surface area contributed by atoms with Gasteiger partial charge in [0, 0.05) is 43.9 Å². The van der Waals surface area contributed by atoms with Crippen LogP contribution >= 0.6 is 27.5 Å². The Balaban J connectivity index is 1.75. The molecule has 5 nitrogen and oxygen atoms in total. The first-order chi connectivity index (χ1) is 10.6. The molecule has 0 radical (unpaired) electrons. The number of aromatic nitrogens is 2. The first-order valence-electron chi connectivity index (χ1n) is 7.03. The van der Waals surface area contributed by atoms with Crippen molar-refractivity contribution >= 4 is 38.9 Å². The first-order valence-corrected chi connectivity index (χ1v) is 8.20. The van der Waals surface area contributed by atoms with E-state index in [1.807, 2.05) is 18.2 Å². The number of nitrogens with zero attached hydrogens (tertiary/aromatic N) is 4. The van der Waals surface area contributed by atoms with Crippen LogP contribution in [0.5, 0.6) is 0 Å². The molecule has 116 valence electrons. The zero-order valence-corrected chi connectivity index (χ0v) is 14.5. The fourth-order valence-electron chi connectivity index (χ4n) is 2.60. The lowest BCUT2D eigenvalue weighted by molar-refractivity contribution is 0.641. The molecule has 0 aliphatic carbocycles. The predicted octanol–water partition coefficient (Wildman–Crippen LogP) is 2.52. The molecule has 1 saturated heterocycles. The first kappa shape index (κ1) is 15.4. The molecular weight excluding hydrogens is 368 g/mol. The third kappa shape index (κ3) is 2.98. The summed E-state index contributed by atoms with van der Waals surface area (Å²) in [7, 11) is 1.65. The Morgan fingerprint density at radius 2 is 1.86 bits per heavy atom. The fraction of sp³-hybridized carbons (Fsp3) is 0.333. The zero-order valence-electron chi connectivity index (χ0n) is 12.2. The Morgan fingerprint density at radius 1 is 1.18 bits per heavy atom. The van der Waals surface area contributed by atoms with E-state index in [0.717, 1.165) is 42.6 Å². The molecule has 0 amide bonds. The summed E-state index contributed by atoms with van der Waals surface area (Å²) in [6.45, 7) is 3.42. The van der Waals surface area contributed by atoms with Gasteiger partial charge in [-0.15, -0.1) is 0 Å².